The van der Waals surface area contributed by atoms with Crippen LogP contribution in [-0.2, 0) is 6.42 Å². The molecule has 1 saturated heterocycles. The summed E-state index contributed by atoms with van der Waals surface area (Å²) in [6, 6.07) is 12.7. The van der Waals surface area contributed by atoms with Crippen molar-refractivity contribution in [3.8, 4) is 0 Å². The van der Waals surface area contributed by atoms with Crippen molar-refractivity contribution in [2.45, 2.75) is 25.3 Å². The van der Waals surface area contributed by atoms with E-state index in [4.69, 9.17) is 0 Å². The summed E-state index contributed by atoms with van der Waals surface area (Å²) < 4.78 is 14.4. The van der Waals surface area contributed by atoms with Crippen LogP contribution in [-0.4, -0.2) is 41.6 Å². The molecule has 2 aromatic carbocycles. The normalized spacial score (nSPS) is 16.6. The van der Waals surface area contributed by atoms with Crippen LogP contribution in [0.4, 0.5) is 4.39 Å². The van der Waals surface area contributed by atoms with Crippen LogP contribution in [0.25, 0.3) is 10.8 Å². The SMILES string of the molecule is O=C(c1cc(Cc2n[n+]([O-])cc3ccccc23)ccc1F)N1CC(CNC2CC2)C1. The minimum atomic E-state index is -0.520. The standard InChI is InChI=1S/C23H23FN4O2/c24-21-8-5-15(10-22-19-4-2-1-3-17(19)14-28(30)26-22)9-20(21)23(29)27-12-16(13-27)11-25-18-6-7-18/h1-5,8-9,14,16,18,25H,6-7,10-13H2. The Morgan fingerprint density at radius 3 is 2.83 bits per heavy atom. The van der Waals surface area contributed by atoms with Gasteiger partial charge in [0.05, 0.1) is 10.9 Å². The largest absolute Gasteiger partial charge is 0.594 e. The number of nitrogens with zero attached hydrogens (tertiary/aromatic N) is 3. The summed E-state index contributed by atoms with van der Waals surface area (Å²) in [6.45, 7) is 2.23. The number of carbonyl (C=O) groups is 1. The highest BCUT2D eigenvalue weighted by atomic mass is 19.1. The monoisotopic (exact) mass is 406 g/mol. The fraction of sp³-hybridized carbons (Fsp3) is 0.348. The van der Waals surface area contributed by atoms with Crippen LogP contribution < -0.4 is 10.2 Å². The second kappa shape index (κ2) is 7.65. The van der Waals surface area contributed by atoms with E-state index in [0.29, 0.717) is 42.0 Å². The Bertz CT molecular complexity index is 1110. The minimum absolute atomic E-state index is 0.0799. The van der Waals surface area contributed by atoms with Crippen molar-refractivity contribution < 1.29 is 14.0 Å². The summed E-state index contributed by atoms with van der Waals surface area (Å²) in [5.74, 6) is -0.358. The van der Waals surface area contributed by atoms with E-state index >= 15 is 0 Å². The van der Waals surface area contributed by atoms with Gasteiger partial charge in [0.25, 0.3) is 5.91 Å². The van der Waals surface area contributed by atoms with Crippen molar-refractivity contribution in [2.75, 3.05) is 19.6 Å². The molecule has 0 atom stereocenters. The predicted molar refractivity (Wildman–Crippen MR) is 110 cm³/mol. The summed E-state index contributed by atoms with van der Waals surface area (Å²) in [4.78, 5) is 15.1. The van der Waals surface area contributed by atoms with Gasteiger partial charge in [-0.1, -0.05) is 29.1 Å². The summed E-state index contributed by atoms with van der Waals surface area (Å²) in [5.41, 5.74) is 1.43. The predicted octanol–water partition coefficient (Wildman–Crippen LogP) is 2.42. The number of fused-ring (bicyclic) bond motifs is 1. The molecule has 2 aliphatic rings. The minimum Gasteiger partial charge on any atom is -0.594 e. The summed E-state index contributed by atoms with van der Waals surface area (Å²) >= 11 is 0. The van der Waals surface area contributed by atoms with Crippen molar-refractivity contribution in [1.29, 1.82) is 0 Å². The van der Waals surface area contributed by atoms with Gasteiger partial charge in [-0.3, -0.25) is 4.79 Å². The number of likely N-dealkylation sites (tertiary alicyclic amines) is 1. The van der Waals surface area contributed by atoms with Crippen LogP contribution in [0.3, 0.4) is 0 Å². The number of amides is 1. The number of nitrogens with one attached hydrogen (secondary N) is 1. The van der Waals surface area contributed by atoms with Crippen molar-refractivity contribution >= 4 is 16.7 Å². The van der Waals surface area contributed by atoms with Crippen LogP contribution in [0.5, 0.6) is 0 Å². The van der Waals surface area contributed by atoms with Gasteiger partial charge in [0.2, 0.25) is 6.20 Å². The molecule has 3 aromatic rings. The van der Waals surface area contributed by atoms with Crippen LogP contribution in [0, 0.1) is 16.9 Å². The first-order valence-corrected chi connectivity index (χ1v) is 10.4. The van der Waals surface area contributed by atoms with E-state index < -0.39 is 5.82 Å². The summed E-state index contributed by atoms with van der Waals surface area (Å²) in [6.07, 6.45) is 4.26. The van der Waals surface area contributed by atoms with Gasteiger partial charge in [0, 0.05) is 48.5 Å². The molecule has 1 N–H and O–H groups in total. The molecule has 6 nitrogen and oxygen atoms in total. The maximum atomic E-state index is 14.4. The molecule has 0 radical (unpaired) electrons. The molecule has 2 heterocycles. The zero-order chi connectivity index (χ0) is 20.7. The average Bonchev–Trinajstić information content (AvgIpc) is 3.52. The lowest BCUT2D eigenvalue weighted by Crippen LogP contribution is -2.53. The fourth-order valence-corrected chi connectivity index (χ4v) is 4.02. The van der Waals surface area contributed by atoms with Crippen LogP contribution in [0.2, 0.25) is 0 Å². The van der Waals surface area contributed by atoms with E-state index in [9.17, 15) is 14.4 Å². The van der Waals surface area contributed by atoms with Gasteiger partial charge >= 0.3 is 0 Å². The number of halogens is 1. The van der Waals surface area contributed by atoms with E-state index in [2.05, 4.69) is 10.4 Å². The van der Waals surface area contributed by atoms with E-state index in [0.717, 1.165) is 22.9 Å². The number of carbonyl (C=O) groups excluding carboxylic acids is 1. The van der Waals surface area contributed by atoms with Gasteiger partial charge in [0.1, 0.15) is 11.5 Å². The molecule has 1 saturated carbocycles. The Balaban J connectivity index is 1.32. The Morgan fingerprint density at radius 1 is 1.23 bits per heavy atom. The number of aromatic nitrogens is 2. The first-order chi connectivity index (χ1) is 14.6. The summed E-state index contributed by atoms with van der Waals surface area (Å²) in [7, 11) is 0. The topological polar surface area (TPSA) is 72.2 Å². The Labute approximate surface area is 173 Å². The average molecular weight is 406 g/mol. The van der Waals surface area contributed by atoms with Gasteiger partial charge in [-0.2, -0.15) is 0 Å². The highest BCUT2D eigenvalue weighted by Gasteiger charge is 2.33. The summed E-state index contributed by atoms with van der Waals surface area (Å²) in [5, 5.41) is 21.1. The second-order valence-electron chi connectivity index (χ2n) is 8.32. The van der Waals surface area contributed by atoms with Gasteiger partial charge in [0.15, 0.2) is 0 Å². The smallest absolute Gasteiger partial charge is 0.256 e. The molecular weight excluding hydrogens is 383 g/mol. The Kier molecular flexibility index (Phi) is 4.83. The second-order valence-corrected chi connectivity index (χ2v) is 8.32. The molecule has 2 fully saturated rings. The van der Waals surface area contributed by atoms with Crippen molar-refractivity contribution in [3.05, 3.63) is 76.5 Å². The third-order valence-corrected chi connectivity index (χ3v) is 5.89. The lowest BCUT2D eigenvalue weighted by atomic mass is 9.97. The lowest BCUT2D eigenvalue weighted by Gasteiger charge is -2.39. The van der Waals surface area contributed by atoms with Crippen molar-refractivity contribution in [1.82, 2.24) is 15.3 Å². The molecule has 0 unspecified atom stereocenters. The molecule has 0 spiro atoms. The van der Waals surface area contributed by atoms with Gasteiger partial charge < -0.3 is 15.4 Å². The molecule has 1 aliphatic heterocycles. The molecule has 1 amide bonds. The molecule has 1 aliphatic carbocycles. The molecule has 30 heavy (non-hydrogen) atoms. The quantitative estimate of drug-likeness (QED) is 0.504. The molecule has 154 valence electrons. The van der Waals surface area contributed by atoms with Crippen molar-refractivity contribution in [3.63, 3.8) is 0 Å². The lowest BCUT2D eigenvalue weighted by molar-refractivity contribution is -0.668. The number of hydrogen-bond acceptors (Lipinski definition) is 4. The maximum Gasteiger partial charge on any atom is 0.256 e. The van der Waals surface area contributed by atoms with Gasteiger partial charge in [-0.15, -0.1) is 0 Å². The van der Waals surface area contributed by atoms with Crippen LogP contribution in [0.1, 0.15) is 34.5 Å². The Morgan fingerprint density at radius 2 is 2.03 bits per heavy atom. The van der Waals surface area contributed by atoms with Crippen molar-refractivity contribution in [2.24, 2.45) is 5.92 Å². The van der Waals surface area contributed by atoms with E-state index in [1.807, 2.05) is 24.3 Å². The van der Waals surface area contributed by atoms with E-state index in [-0.39, 0.29) is 11.5 Å². The van der Waals surface area contributed by atoms with E-state index in [1.54, 1.807) is 17.0 Å². The molecule has 0 bridgehead atoms. The molecular formula is C23H23FN4O2. The molecule has 5 rings (SSSR count). The van der Waals surface area contributed by atoms with Crippen LogP contribution >= 0.6 is 0 Å². The van der Waals surface area contributed by atoms with Crippen LogP contribution in [0.15, 0.2) is 48.7 Å². The first-order valence-electron chi connectivity index (χ1n) is 10.4. The first kappa shape index (κ1) is 18.9. The van der Waals surface area contributed by atoms with E-state index in [1.165, 1.54) is 25.1 Å². The molecule has 1 aromatic heterocycles. The maximum absolute atomic E-state index is 14.4. The Hall–Kier alpha value is -3.06. The zero-order valence-electron chi connectivity index (χ0n) is 16.6. The highest BCUT2D eigenvalue weighted by molar-refractivity contribution is 5.95. The number of benzene rings is 2. The van der Waals surface area contributed by atoms with Gasteiger partial charge in [-0.05, 0) is 36.6 Å². The third-order valence-electron chi connectivity index (χ3n) is 5.89. The zero-order valence-corrected chi connectivity index (χ0v) is 16.6. The fourth-order valence-electron chi connectivity index (χ4n) is 4.02. The van der Waals surface area contributed by atoms with Gasteiger partial charge in [-0.25, -0.2) is 4.39 Å². The number of hydrogen-bond donors (Lipinski definition) is 1. The number of rotatable bonds is 6. The highest BCUT2D eigenvalue weighted by Crippen LogP contribution is 2.24. The molecule has 7 heteroatoms. The third kappa shape index (κ3) is 3.85.